The Morgan fingerprint density at radius 2 is 1.94 bits per heavy atom. The predicted octanol–water partition coefficient (Wildman–Crippen LogP) is 6.97. The van der Waals surface area contributed by atoms with Gasteiger partial charge in [0.2, 0.25) is 0 Å². The van der Waals surface area contributed by atoms with E-state index in [-0.39, 0.29) is 5.57 Å². The third-order valence-corrected chi connectivity index (χ3v) is 5.69. The molecule has 2 aromatic carbocycles. The number of amides is 1. The number of anilines is 1. The number of halogens is 1. The van der Waals surface area contributed by atoms with Crippen molar-refractivity contribution in [3.63, 3.8) is 0 Å². The van der Waals surface area contributed by atoms with Gasteiger partial charge in [-0.05, 0) is 84.1 Å². The molecule has 1 N–H and O–H groups in total. The molecule has 6 heteroatoms. The van der Waals surface area contributed by atoms with Gasteiger partial charge in [0.1, 0.15) is 11.6 Å². The molecular formula is C26H31BrN2O3. The van der Waals surface area contributed by atoms with Crippen molar-refractivity contribution in [1.29, 1.82) is 5.26 Å². The van der Waals surface area contributed by atoms with E-state index in [1.807, 2.05) is 51.1 Å². The van der Waals surface area contributed by atoms with Gasteiger partial charge < -0.3 is 14.8 Å². The molecule has 2 aromatic rings. The Labute approximate surface area is 199 Å². The zero-order valence-electron chi connectivity index (χ0n) is 19.3. The molecular weight excluding hydrogens is 468 g/mol. The summed E-state index contributed by atoms with van der Waals surface area (Å²) >= 11 is 3.55. The molecule has 0 saturated heterocycles. The lowest BCUT2D eigenvalue weighted by atomic mass is 10.1. The van der Waals surface area contributed by atoms with Gasteiger partial charge in [-0.2, -0.15) is 5.26 Å². The fourth-order valence-corrected chi connectivity index (χ4v) is 3.74. The van der Waals surface area contributed by atoms with Gasteiger partial charge in [0.05, 0.1) is 17.7 Å². The monoisotopic (exact) mass is 498 g/mol. The van der Waals surface area contributed by atoms with E-state index in [4.69, 9.17) is 9.47 Å². The number of nitriles is 1. The van der Waals surface area contributed by atoms with Crippen molar-refractivity contribution in [2.75, 3.05) is 18.5 Å². The number of carbonyl (C=O) groups excluding carboxylic acids is 1. The Bertz CT molecular complexity index is 1010. The molecule has 0 heterocycles. The Morgan fingerprint density at radius 1 is 1.16 bits per heavy atom. The van der Waals surface area contributed by atoms with Crippen molar-refractivity contribution >= 4 is 33.6 Å². The van der Waals surface area contributed by atoms with Crippen LogP contribution in [0.5, 0.6) is 11.5 Å². The molecule has 2 rings (SSSR count). The van der Waals surface area contributed by atoms with Crippen LogP contribution < -0.4 is 14.8 Å². The van der Waals surface area contributed by atoms with E-state index in [1.54, 1.807) is 12.1 Å². The van der Waals surface area contributed by atoms with Crippen molar-refractivity contribution in [1.82, 2.24) is 0 Å². The van der Waals surface area contributed by atoms with Crippen LogP contribution >= 0.6 is 15.9 Å². The van der Waals surface area contributed by atoms with Crippen LogP contribution in [0.1, 0.15) is 56.2 Å². The van der Waals surface area contributed by atoms with Gasteiger partial charge >= 0.3 is 0 Å². The Balaban J connectivity index is 2.25. The Morgan fingerprint density at radius 3 is 2.62 bits per heavy atom. The maximum absolute atomic E-state index is 12.7. The van der Waals surface area contributed by atoms with Gasteiger partial charge in [-0.15, -0.1) is 0 Å². The Kier molecular flexibility index (Phi) is 10.3. The van der Waals surface area contributed by atoms with Crippen molar-refractivity contribution in [2.24, 2.45) is 0 Å². The van der Waals surface area contributed by atoms with E-state index in [0.717, 1.165) is 28.4 Å². The third-order valence-electron chi connectivity index (χ3n) is 5.10. The molecule has 32 heavy (non-hydrogen) atoms. The minimum atomic E-state index is -0.452. The standard InChI is InChI=1S/C26H31BrN2O3/c1-5-7-8-9-13-32-25-22(27)15-20(16-24(25)31-6-2)14-21(17-28)26(30)29-23-12-10-11-18(3)19(23)4/h10-12,14-16H,5-9,13H2,1-4H3,(H,29,30)/b21-14-. The summed E-state index contributed by atoms with van der Waals surface area (Å²) in [5, 5.41) is 12.4. The number of unbranched alkanes of at least 4 members (excludes halogenated alkanes) is 3. The van der Waals surface area contributed by atoms with Crippen LogP contribution in [0.4, 0.5) is 5.69 Å². The average Bonchev–Trinajstić information content (AvgIpc) is 2.76. The van der Waals surface area contributed by atoms with Crippen LogP contribution in [0.25, 0.3) is 6.08 Å². The molecule has 0 saturated carbocycles. The van der Waals surface area contributed by atoms with Crippen molar-refractivity contribution in [2.45, 2.75) is 53.4 Å². The number of nitrogens with one attached hydrogen (secondary N) is 1. The molecule has 0 spiro atoms. The molecule has 0 radical (unpaired) electrons. The van der Waals surface area contributed by atoms with Gasteiger partial charge in [0.15, 0.2) is 11.5 Å². The molecule has 1 amide bonds. The van der Waals surface area contributed by atoms with Crippen molar-refractivity contribution in [3.05, 3.63) is 57.1 Å². The van der Waals surface area contributed by atoms with Crippen LogP contribution in [0.15, 0.2) is 40.4 Å². The summed E-state index contributed by atoms with van der Waals surface area (Å²) in [6, 6.07) is 11.3. The second-order valence-corrected chi connectivity index (χ2v) is 8.40. The summed E-state index contributed by atoms with van der Waals surface area (Å²) in [5.74, 6) is 0.765. The van der Waals surface area contributed by atoms with Crippen molar-refractivity contribution < 1.29 is 14.3 Å². The fourth-order valence-electron chi connectivity index (χ4n) is 3.17. The average molecular weight is 499 g/mol. The fraction of sp³-hybridized carbons (Fsp3) is 0.385. The summed E-state index contributed by atoms with van der Waals surface area (Å²) < 4.78 is 12.5. The summed E-state index contributed by atoms with van der Waals surface area (Å²) in [4.78, 5) is 12.7. The zero-order valence-corrected chi connectivity index (χ0v) is 20.8. The van der Waals surface area contributed by atoms with Crippen LogP contribution in [-0.2, 0) is 4.79 Å². The SMILES string of the molecule is CCCCCCOc1c(Br)cc(/C=C(/C#N)C(=O)Nc2cccc(C)c2C)cc1OCC. The molecule has 170 valence electrons. The molecule has 5 nitrogen and oxygen atoms in total. The lowest BCUT2D eigenvalue weighted by Crippen LogP contribution is -2.14. The highest BCUT2D eigenvalue weighted by molar-refractivity contribution is 9.10. The number of carbonyl (C=O) groups is 1. The minimum Gasteiger partial charge on any atom is -0.490 e. The number of hydrogen-bond donors (Lipinski definition) is 1. The summed E-state index contributed by atoms with van der Waals surface area (Å²) in [6.45, 7) is 9.08. The topological polar surface area (TPSA) is 71.3 Å². The predicted molar refractivity (Wildman–Crippen MR) is 133 cm³/mol. The first kappa shape index (κ1) is 25.5. The first-order valence-corrected chi connectivity index (χ1v) is 11.8. The highest BCUT2D eigenvalue weighted by Gasteiger charge is 2.15. The van der Waals surface area contributed by atoms with Crippen LogP contribution in [0.3, 0.4) is 0 Å². The summed E-state index contributed by atoms with van der Waals surface area (Å²) in [5.41, 5.74) is 3.42. The Hall–Kier alpha value is -2.78. The van der Waals surface area contributed by atoms with Gasteiger partial charge in [-0.25, -0.2) is 0 Å². The van der Waals surface area contributed by atoms with Gasteiger partial charge in [-0.1, -0.05) is 38.3 Å². The third kappa shape index (κ3) is 7.13. The lowest BCUT2D eigenvalue weighted by Gasteiger charge is -2.15. The molecule has 0 fully saturated rings. The molecule has 0 atom stereocenters. The number of nitrogens with zero attached hydrogens (tertiary/aromatic N) is 1. The van der Waals surface area contributed by atoms with E-state index >= 15 is 0 Å². The smallest absolute Gasteiger partial charge is 0.266 e. The molecule has 0 aliphatic heterocycles. The van der Waals surface area contributed by atoms with Crippen LogP contribution in [0, 0.1) is 25.2 Å². The molecule has 0 aliphatic rings. The van der Waals surface area contributed by atoms with E-state index in [0.29, 0.717) is 36.0 Å². The second kappa shape index (κ2) is 12.9. The number of benzene rings is 2. The summed E-state index contributed by atoms with van der Waals surface area (Å²) in [6.07, 6.45) is 6.02. The number of aryl methyl sites for hydroxylation is 1. The normalized spacial score (nSPS) is 11.1. The van der Waals surface area contributed by atoms with E-state index in [2.05, 4.69) is 28.2 Å². The maximum atomic E-state index is 12.7. The zero-order chi connectivity index (χ0) is 23.5. The highest BCUT2D eigenvalue weighted by Crippen LogP contribution is 2.37. The van der Waals surface area contributed by atoms with Gasteiger partial charge in [0, 0.05) is 5.69 Å². The number of hydrogen-bond acceptors (Lipinski definition) is 4. The molecule has 0 aromatic heterocycles. The lowest BCUT2D eigenvalue weighted by molar-refractivity contribution is -0.112. The van der Waals surface area contributed by atoms with Gasteiger partial charge in [-0.3, -0.25) is 4.79 Å². The first-order chi connectivity index (χ1) is 15.4. The van der Waals surface area contributed by atoms with Gasteiger partial charge in [0.25, 0.3) is 5.91 Å². The van der Waals surface area contributed by atoms with E-state index < -0.39 is 5.91 Å². The minimum absolute atomic E-state index is 0.00786. The van der Waals surface area contributed by atoms with Crippen LogP contribution in [-0.4, -0.2) is 19.1 Å². The molecule has 0 aliphatic carbocycles. The van der Waals surface area contributed by atoms with Crippen LogP contribution in [0.2, 0.25) is 0 Å². The second-order valence-electron chi connectivity index (χ2n) is 7.54. The van der Waals surface area contributed by atoms with E-state index in [9.17, 15) is 10.1 Å². The first-order valence-electron chi connectivity index (χ1n) is 11.0. The number of rotatable bonds is 11. The number of ether oxygens (including phenoxy) is 2. The highest BCUT2D eigenvalue weighted by atomic mass is 79.9. The van der Waals surface area contributed by atoms with Crippen molar-refractivity contribution in [3.8, 4) is 17.6 Å². The molecule has 0 unspecified atom stereocenters. The summed E-state index contributed by atoms with van der Waals surface area (Å²) in [7, 11) is 0. The maximum Gasteiger partial charge on any atom is 0.266 e. The quantitative estimate of drug-likeness (QED) is 0.206. The molecule has 0 bridgehead atoms. The largest absolute Gasteiger partial charge is 0.490 e. The van der Waals surface area contributed by atoms with E-state index in [1.165, 1.54) is 12.8 Å².